The van der Waals surface area contributed by atoms with Gasteiger partial charge < -0.3 is 0 Å². The summed E-state index contributed by atoms with van der Waals surface area (Å²) in [6.07, 6.45) is 4.78. The van der Waals surface area contributed by atoms with E-state index in [0.29, 0.717) is 5.95 Å². The molecule has 1 amide bonds. The molecule has 2 heterocycles. The Morgan fingerprint density at radius 1 is 1.50 bits per heavy atom. The zero-order chi connectivity index (χ0) is 11.0. The molecule has 3 rings (SSSR count). The van der Waals surface area contributed by atoms with Crippen LogP contribution in [0.4, 0.5) is 5.95 Å². The lowest BCUT2D eigenvalue weighted by Gasteiger charge is -1.97. The van der Waals surface area contributed by atoms with Crippen molar-refractivity contribution < 1.29 is 4.79 Å². The van der Waals surface area contributed by atoms with Crippen molar-refractivity contribution in [3.05, 3.63) is 27.7 Å². The number of carbonyl (C=O) groups is 1. The van der Waals surface area contributed by atoms with Crippen molar-refractivity contribution in [3.63, 3.8) is 0 Å². The van der Waals surface area contributed by atoms with Gasteiger partial charge in [-0.2, -0.15) is 10.1 Å². The smallest absolute Gasteiger partial charge is 0.268 e. The Balaban J connectivity index is 1.79. The van der Waals surface area contributed by atoms with Gasteiger partial charge in [-0.05, 0) is 30.9 Å². The van der Waals surface area contributed by atoms with E-state index in [9.17, 15) is 4.79 Å². The zero-order valence-electron chi connectivity index (χ0n) is 8.49. The number of fused-ring (bicyclic) bond motifs is 1. The highest BCUT2D eigenvalue weighted by atomic mass is 32.1. The van der Waals surface area contributed by atoms with Crippen LogP contribution >= 0.6 is 11.3 Å². The monoisotopic (exact) mass is 234 g/mol. The average Bonchev–Trinajstić information content (AvgIpc) is 2.91. The molecule has 82 valence electrons. The van der Waals surface area contributed by atoms with E-state index in [-0.39, 0.29) is 5.91 Å². The highest BCUT2D eigenvalue weighted by Gasteiger charge is 2.18. The van der Waals surface area contributed by atoms with Crippen LogP contribution in [0.5, 0.6) is 0 Å². The van der Waals surface area contributed by atoms with Gasteiger partial charge in [-0.25, -0.2) is 5.10 Å². The first-order valence-electron chi connectivity index (χ1n) is 5.11. The molecule has 16 heavy (non-hydrogen) atoms. The average molecular weight is 234 g/mol. The number of thiophene rings is 1. The third-order valence-corrected chi connectivity index (χ3v) is 3.85. The van der Waals surface area contributed by atoms with Gasteiger partial charge in [-0.1, -0.05) is 0 Å². The summed E-state index contributed by atoms with van der Waals surface area (Å²) in [5, 5.41) is 8.94. The number of rotatable bonds is 2. The molecule has 0 spiro atoms. The number of aryl methyl sites for hydroxylation is 2. The van der Waals surface area contributed by atoms with Crippen LogP contribution in [0.25, 0.3) is 0 Å². The van der Waals surface area contributed by atoms with Crippen molar-refractivity contribution in [2.24, 2.45) is 0 Å². The van der Waals surface area contributed by atoms with Crippen LogP contribution < -0.4 is 5.32 Å². The maximum absolute atomic E-state index is 11.8. The number of nitrogens with one attached hydrogen (secondary N) is 2. The minimum Gasteiger partial charge on any atom is -0.290 e. The Labute approximate surface area is 95.9 Å². The fourth-order valence-electron chi connectivity index (χ4n) is 1.88. The fraction of sp³-hybridized carbons (Fsp3) is 0.300. The first-order valence-corrected chi connectivity index (χ1v) is 5.93. The number of H-pyrrole nitrogens is 1. The minimum atomic E-state index is -0.115. The summed E-state index contributed by atoms with van der Waals surface area (Å²) in [5.74, 6) is 0.273. The normalized spacial score (nSPS) is 13.8. The molecule has 6 heteroatoms. The molecule has 0 aliphatic heterocycles. The third-order valence-electron chi connectivity index (χ3n) is 2.62. The van der Waals surface area contributed by atoms with Crippen molar-refractivity contribution >= 4 is 23.2 Å². The highest BCUT2D eigenvalue weighted by Crippen LogP contribution is 2.30. The molecule has 0 bridgehead atoms. The number of nitrogens with zero attached hydrogens (tertiary/aromatic N) is 2. The SMILES string of the molecule is O=C(Nc1ncn[nH]1)c1cc2c(s1)CCC2. The van der Waals surface area contributed by atoms with E-state index >= 15 is 0 Å². The molecule has 0 unspecified atom stereocenters. The molecular weight excluding hydrogens is 224 g/mol. The topological polar surface area (TPSA) is 70.7 Å². The molecule has 2 aromatic heterocycles. The maximum Gasteiger partial charge on any atom is 0.268 e. The highest BCUT2D eigenvalue weighted by molar-refractivity contribution is 7.14. The molecule has 0 saturated carbocycles. The number of hydrogen-bond acceptors (Lipinski definition) is 4. The predicted molar refractivity (Wildman–Crippen MR) is 60.7 cm³/mol. The van der Waals surface area contributed by atoms with E-state index in [4.69, 9.17) is 0 Å². The van der Waals surface area contributed by atoms with Gasteiger partial charge in [0.1, 0.15) is 6.33 Å². The van der Waals surface area contributed by atoms with Gasteiger partial charge >= 0.3 is 0 Å². The summed E-state index contributed by atoms with van der Waals surface area (Å²) >= 11 is 1.58. The quantitative estimate of drug-likeness (QED) is 0.829. The van der Waals surface area contributed by atoms with Crippen LogP contribution in [0, 0.1) is 0 Å². The van der Waals surface area contributed by atoms with Crippen LogP contribution in [-0.2, 0) is 12.8 Å². The number of aromatic amines is 1. The van der Waals surface area contributed by atoms with Gasteiger partial charge in [0.05, 0.1) is 4.88 Å². The second-order valence-electron chi connectivity index (χ2n) is 3.70. The van der Waals surface area contributed by atoms with Gasteiger partial charge in [0.2, 0.25) is 5.95 Å². The molecule has 0 aromatic carbocycles. The second-order valence-corrected chi connectivity index (χ2v) is 4.84. The standard InChI is InChI=1S/C10H10N4OS/c15-9(13-10-11-5-12-14-10)8-4-6-2-1-3-7(6)16-8/h4-5H,1-3H2,(H2,11,12,13,14,15). The van der Waals surface area contributed by atoms with E-state index in [0.717, 1.165) is 17.7 Å². The van der Waals surface area contributed by atoms with Crippen LogP contribution in [0.2, 0.25) is 0 Å². The third kappa shape index (κ3) is 1.61. The summed E-state index contributed by atoms with van der Waals surface area (Å²) in [6.45, 7) is 0. The largest absolute Gasteiger partial charge is 0.290 e. The van der Waals surface area contributed by atoms with E-state index in [1.54, 1.807) is 11.3 Å². The lowest BCUT2D eigenvalue weighted by molar-refractivity contribution is 0.102. The Morgan fingerprint density at radius 2 is 2.44 bits per heavy atom. The Morgan fingerprint density at radius 3 is 3.19 bits per heavy atom. The second kappa shape index (κ2) is 3.71. The van der Waals surface area contributed by atoms with Gasteiger partial charge in [0.25, 0.3) is 5.91 Å². The molecule has 0 radical (unpaired) electrons. The van der Waals surface area contributed by atoms with Crippen molar-refractivity contribution in [1.82, 2.24) is 15.2 Å². The Hall–Kier alpha value is -1.69. The number of anilines is 1. The first-order chi connectivity index (χ1) is 7.83. The van der Waals surface area contributed by atoms with Gasteiger partial charge in [0, 0.05) is 4.88 Å². The van der Waals surface area contributed by atoms with Crippen molar-refractivity contribution in [3.8, 4) is 0 Å². The lowest BCUT2D eigenvalue weighted by atomic mass is 10.2. The molecular formula is C10H10N4OS. The molecule has 0 saturated heterocycles. The van der Waals surface area contributed by atoms with Gasteiger partial charge in [0.15, 0.2) is 0 Å². The van der Waals surface area contributed by atoms with Crippen LogP contribution in [0.3, 0.4) is 0 Å². The molecule has 2 aromatic rings. The number of carbonyl (C=O) groups excluding carboxylic acids is 1. The summed E-state index contributed by atoms with van der Waals surface area (Å²) in [6, 6.07) is 1.98. The minimum absolute atomic E-state index is 0.115. The first kappa shape index (κ1) is 9.53. The van der Waals surface area contributed by atoms with Crippen molar-refractivity contribution in [2.45, 2.75) is 19.3 Å². The lowest BCUT2D eigenvalue weighted by Crippen LogP contribution is -2.11. The molecule has 1 aliphatic rings. The summed E-state index contributed by atoms with van der Waals surface area (Å²) in [5.41, 5.74) is 1.33. The Kier molecular flexibility index (Phi) is 2.21. The van der Waals surface area contributed by atoms with E-state index in [1.165, 1.54) is 23.2 Å². The van der Waals surface area contributed by atoms with Crippen molar-refractivity contribution in [1.29, 1.82) is 0 Å². The zero-order valence-corrected chi connectivity index (χ0v) is 9.30. The van der Waals surface area contributed by atoms with E-state index in [2.05, 4.69) is 20.5 Å². The summed E-state index contributed by atoms with van der Waals surface area (Å²) < 4.78 is 0. The summed E-state index contributed by atoms with van der Waals surface area (Å²) in [7, 11) is 0. The molecule has 5 nitrogen and oxygen atoms in total. The van der Waals surface area contributed by atoms with Crippen molar-refractivity contribution in [2.75, 3.05) is 5.32 Å². The maximum atomic E-state index is 11.8. The van der Waals surface area contributed by atoms with Gasteiger partial charge in [-0.15, -0.1) is 11.3 Å². The fourth-order valence-corrected chi connectivity index (χ4v) is 3.02. The number of amides is 1. The Bertz CT molecular complexity index is 495. The van der Waals surface area contributed by atoms with Crippen LogP contribution in [0.15, 0.2) is 12.4 Å². The molecule has 0 atom stereocenters. The van der Waals surface area contributed by atoms with E-state index in [1.807, 2.05) is 6.07 Å². The molecule has 0 fully saturated rings. The van der Waals surface area contributed by atoms with E-state index < -0.39 is 0 Å². The number of hydrogen-bond donors (Lipinski definition) is 2. The predicted octanol–water partition coefficient (Wildman–Crippen LogP) is 1.61. The number of aromatic nitrogens is 3. The van der Waals surface area contributed by atoms with Crippen LogP contribution in [-0.4, -0.2) is 21.1 Å². The van der Waals surface area contributed by atoms with Gasteiger partial charge in [-0.3, -0.25) is 10.1 Å². The van der Waals surface area contributed by atoms with Crippen LogP contribution in [0.1, 0.15) is 26.5 Å². The molecule has 2 N–H and O–H groups in total. The summed E-state index contributed by atoms with van der Waals surface area (Å²) in [4.78, 5) is 17.8. The molecule has 1 aliphatic carbocycles.